The van der Waals surface area contributed by atoms with Gasteiger partial charge in [-0.1, -0.05) is 0 Å². The summed E-state index contributed by atoms with van der Waals surface area (Å²) >= 11 is 1.60. The SMILES string of the molecule is CNc1cc2nc3c(cnn13)C(=O)NCCCc1nc(cs1)N2. The molecule has 4 bridgehead atoms. The zero-order valence-corrected chi connectivity index (χ0v) is 13.3. The molecule has 4 rings (SSSR count). The first-order chi connectivity index (χ1) is 11.2. The normalized spacial score (nSPS) is 14.6. The third kappa shape index (κ3) is 2.48. The molecule has 0 unspecified atom stereocenters. The van der Waals surface area contributed by atoms with Crippen molar-refractivity contribution in [3.8, 4) is 0 Å². The van der Waals surface area contributed by atoms with E-state index in [1.165, 1.54) is 0 Å². The van der Waals surface area contributed by atoms with Crippen LogP contribution in [0, 0.1) is 0 Å². The molecule has 1 aliphatic rings. The molecule has 23 heavy (non-hydrogen) atoms. The van der Waals surface area contributed by atoms with E-state index in [-0.39, 0.29) is 5.91 Å². The average Bonchev–Trinajstić information content (AvgIpc) is 3.17. The average molecular weight is 329 g/mol. The van der Waals surface area contributed by atoms with Crippen LogP contribution >= 0.6 is 11.3 Å². The van der Waals surface area contributed by atoms with E-state index in [0.717, 1.165) is 29.5 Å². The summed E-state index contributed by atoms with van der Waals surface area (Å²) in [4.78, 5) is 21.4. The predicted molar refractivity (Wildman–Crippen MR) is 88.6 cm³/mol. The van der Waals surface area contributed by atoms with Crippen LogP contribution in [0.15, 0.2) is 17.6 Å². The van der Waals surface area contributed by atoms with Gasteiger partial charge in [0.1, 0.15) is 23.0 Å². The lowest BCUT2D eigenvalue weighted by Crippen LogP contribution is -2.24. The van der Waals surface area contributed by atoms with Crippen LogP contribution in [0.2, 0.25) is 0 Å². The maximum atomic E-state index is 12.4. The number of hydrogen-bond donors (Lipinski definition) is 3. The van der Waals surface area contributed by atoms with E-state index in [0.29, 0.717) is 23.6 Å². The molecule has 3 aromatic heterocycles. The molecule has 4 heterocycles. The summed E-state index contributed by atoms with van der Waals surface area (Å²) in [7, 11) is 1.80. The molecule has 0 spiro atoms. The van der Waals surface area contributed by atoms with Gasteiger partial charge in [-0.15, -0.1) is 11.3 Å². The van der Waals surface area contributed by atoms with Gasteiger partial charge in [-0.2, -0.15) is 9.61 Å². The fraction of sp³-hybridized carbons (Fsp3) is 0.286. The Morgan fingerprint density at radius 3 is 3.13 bits per heavy atom. The number of nitrogens with one attached hydrogen (secondary N) is 3. The number of rotatable bonds is 1. The zero-order valence-electron chi connectivity index (χ0n) is 12.5. The van der Waals surface area contributed by atoms with Gasteiger partial charge < -0.3 is 16.0 Å². The molecule has 0 aliphatic carbocycles. The molecule has 3 N–H and O–H groups in total. The Hall–Kier alpha value is -2.68. The van der Waals surface area contributed by atoms with Crippen LogP contribution in [0.5, 0.6) is 0 Å². The summed E-state index contributed by atoms with van der Waals surface area (Å²) in [6.45, 7) is 0.594. The smallest absolute Gasteiger partial charge is 0.256 e. The monoisotopic (exact) mass is 329 g/mol. The van der Waals surface area contributed by atoms with Gasteiger partial charge >= 0.3 is 0 Å². The lowest BCUT2D eigenvalue weighted by molar-refractivity contribution is 0.0954. The summed E-state index contributed by atoms with van der Waals surface area (Å²) in [5.74, 6) is 1.96. The highest BCUT2D eigenvalue weighted by Gasteiger charge is 2.17. The van der Waals surface area contributed by atoms with Gasteiger partial charge in [0.25, 0.3) is 5.91 Å². The Bertz CT molecular complexity index is 885. The zero-order chi connectivity index (χ0) is 15.8. The van der Waals surface area contributed by atoms with Crippen molar-refractivity contribution < 1.29 is 4.79 Å². The third-order valence-electron chi connectivity index (χ3n) is 3.63. The van der Waals surface area contributed by atoms with Crippen molar-refractivity contribution in [2.45, 2.75) is 12.8 Å². The molecule has 0 fully saturated rings. The standard InChI is InChI=1S/C14H15N7OS/c1-15-11-5-9-18-10-7-23-12(19-10)3-2-4-16-14(22)8-6-17-21(11)13(8)20-9/h5-7,15H,2-4H2,1H3,(H,16,22)(H,18,20). The number of nitrogens with zero attached hydrogens (tertiary/aromatic N) is 4. The predicted octanol–water partition coefficient (Wildman–Crippen LogP) is 1.65. The van der Waals surface area contributed by atoms with Crippen molar-refractivity contribution in [3.63, 3.8) is 0 Å². The molecule has 118 valence electrons. The van der Waals surface area contributed by atoms with E-state index >= 15 is 0 Å². The fourth-order valence-corrected chi connectivity index (χ4v) is 3.29. The summed E-state index contributed by atoms with van der Waals surface area (Å²) in [6, 6.07) is 1.83. The molecular weight excluding hydrogens is 314 g/mol. The number of thiazole rings is 1. The Kier molecular flexibility index (Phi) is 3.34. The first-order valence-corrected chi connectivity index (χ1v) is 8.19. The number of fused-ring (bicyclic) bond motifs is 3. The highest BCUT2D eigenvalue weighted by Crippen LogP contribution is 2.23. The number of carbonyl (C=O) groups is 1. The Labute approximate surface area is 136 Å². The van der Waals surface area contributed by atoms with E-state index in [1.807, 2.05) is 11.4 Å². The Balaban J connectivity index is 1.88. The second-order valence-electron chi connectivity index (χ2n) is 5.18. The van der Waals surface area contributed by atoms with E-state index in [1.54, 1.807) is 29.1 Å². The first kappa shape index (κ1) is 13.9. The highest BCUT2D eigenvalue weighted by molar-refractivity contribution is 7.10. The van der Waals surface area contributed by atoms with E-state index in [4.69, 9.17) is 0 Å². The molecule has 0 atom stereocenters. The van der Waals surface area contributed by atoms with Gasteiger partial charge in [-0.05, 0) is 6.42 Å². The van der Waals surface area contributed by atoms with Crippen molar-refractivity contribution in [1.82, 2.24) is 24.9 Å². The molecule has 9 heteroatoms. The molecule has 8 nitrogen and oxygen atoms in total. The minimum Gasteiger partial charge on any atom is -0.373 e. The van der Waals surface area contributed by atoms with Gasteiger partial charge in [-0.25, -0.2) is 9.97 Å². The van der Waals surface area contributed by atoms with Crippen LogP contribution < -0.4 is 16.0 Å². The van der Waals surface area contributed by atoms with Crippen molar-refractivity contribution in [3.05, 3.63) is 28.2 Å². The minimum atomic E-state index is -0.162. The topological polar surface area (TPSA) is 96.2 Å². The van der Waals surface area contributed by atoms with Crippen molar-refractivity contribution in [2.75, 3.05) is 24.2 Å². The molecule has 1 aliphatic heterocycles. The molecule has 1 amide bonds. The minimum absolute atomic E-state index is 0.162. The number of aromatic nitrogens is 4. The van der Waals surface area contributed by atoms with Crippen LogP contribution in [0.4, 0.5) is 17.5 Å². The fourth-order valence-electron chi connectivity index (χ4n) is 2.52. The van der Waals surface area contributed by atoms with E-state index < -0.39 is 0 Å². The van der Waals surface area contributed by atoms with Gasteiger partial charge in [0.05, 0.1) is 11.2 Å². The van der Waals surface area contributed by atoms with Crippen molar-refractivity contribution >= 4 is 40.3 Å². The van der Waals surface area contributed by atoms with Crippen LogP contribution in [0.1, 0.15) is 21.8 Å². The number of amides is 1. The van der Waals surface area contributed by atoms with Crippen LogP contribution in [0.25, 0.3) is 5.65 Å². The number of aryl methyl sites for hydroxylation is 1. The first-order valence-electron chi connectivity index (χ1n) is 7.31. The number of carbonyl (C=O) groups excluding carboxylic acids is 1. The second-order valence-corrected chi connectivity index (χ2v) is 6.12. The highest BCUT2D eigenvalue weighted by atomic mass is 32.1. The number of hydrogen-bond acceptors (Lipinski definition) is 7. The summed E-state index contributed by atoms with van der Waals surface area (Å²) in [5, 5.41) is 16.5. The molecule has 0 aromatic carbocycles. The number of anilines is 3. The molecule has 3 aromatic rings. The van der Waals surface area contributed by atoms with Crippen LogP contribution in [-0.4, -0.2) is 39.1 Å². The van der Waals surface area contributed by atoms with Gasteiger partial charge in [0.15, 0.2) is 5.65 Å². The Morgan fingerprint density at radius 1 is 1.35 bits per heavy atom. The quantitative estimate of drug-likeness (QED) is 0.628. The summed E-state index contributed by atoms with van der Waals surface area (Å²) in [6.07, 6.45) is 3.22. The van der Waals surface area contributed by atoms with E-state index in [2.05, 4.69) is 31.0 Å². The third-order valence-corrected chi connectivity index (χ3v) is 4.54. The maximum Gasteiger partial charge on any atom is 0.256 e. The lowest BCUT2D eigenvalue weighted by Gasteiger charge is -2.08. The summed E-state index contributed by atoms with van der Waals surface area (Å²) in [5.41, 5.74) is 0.967. The van der Waals surface area contributed by atoms with Gasteiger partial charge in [-0.3, -0.25) is 4.79 Å². The maximum absolute atomic E-state index is 12.4. The molecule has 0 saturated carbocycles. The van der Waals surface area contributed by atoms with E-state index in [9.17, 15) is 4.79 Å². The summed E-state index contributed by atoms with van der Waals surface area (Å²) < 4.78 is 1.62. The molecule has 0 radical (unpaired) electrons. The van der Waals surface area contributed by atoms with Crippen LogP contribution in [-0.2, 0) is 6.42 Å². The van der Waals surface area contributed by atoms with Crippen molar-refractivity contribution in [1.29, 1.82) is 0 Å². The molecule has 0 saturated heterocycles. The van der Waals surface area contributed by atoms with Gasteiger partial charge in [0, 0.05) is 31.5 Å². The largest absolute Gasteiger partial charge is 0.373 e. The lowest BCUT2D eigenvalue weighted by atomic mass is 10.3. The van der Waals surface area contributed by atoms with Crippen molar-refractivity contribution in [2.24, 2.45) is 0 Å². The van der Waals surface area contributed by atoms with Crippen LogP contribution in [0.3, 0.4) is 0 Å². The molecular formula is C14H15N7OS. The van der Waals surface area contributed by atoms with Gasteiger partial charge in [0.2, 0.25) is 0 Å². The second kappa shape index (κ2) is 5.51. The Morgan fingerprint density at radius 2 is 2.26 bits per heavy atom.